The molecule has 2 aromatic carbocycles. The van der Waals surface area contributed by atoms with Crippen LogP contribution in [0.2, 0.25) is 0 Å². The molecule has 0 saturated carbocycles. The van der Waals surface area contributed by atoms with Crippen molar-refractivity contribution in [2.75, 3.05) is 36.8 Å². The quantitative estimate of drug-likeness (QED) is 0.398. The highest BCUT2D eigenvalue weighted by atomic mass is 15.2. The van der Waals surface area contributed by atoms with Crippen molar-refractivity contribution in [1.82, 2.24) is 10.6 Å². The van der Waals surface area contributed by atoms with E-state index in [9.17, 15) is 0 Å². The van der Waals surface area contributed by atoms with Gasteiger partial charge in [-0.05, 0) is 41.8 Å². The minimum atomic E-state index is 0.931. The normalized spacial score (nSPS) is 15.8. The third kappa shape index (κ3) is 4.09. The molecule has 0 amide bonds. The molecule has 0 bridgehead atoms. The van der Waals surface area contributed by atoms with Gasteiger partial charge in [-0.2, -0.15) is 0 Å². The van der Waals surface area contributed by atoms with Crippen LogP contribution >= 0.6 is 0 Å². The summed E-state index contributed by atoms with van der Waals surface area (Å²) in [6.45, 7) is 3.88. The molecule has 6 nitrogen and oxygen atoms in total. The second-order valence-corrected chi connectivity index (χ2v) is 6.28. The van der Waals surface area contributed by atoms with Crippen molar-refractivity contribution in [3.8, 4) is 0 Å². The third-order valence-electron chi connectivity index (χ3n) is 4.31. The molecule has 0 radical (unpaired) electrons. The summed E-state index contributed by atoms with van der Waals surface area (Å²) in [5.74, 6) is 1.97. The lowest BCUT2D eigenvalue weighted by Crippen LogP contribution is -2.72. The van der Waals surface area contributed by atoms with Crippen molar-refractivity contribution in [3.63, 3.8) is 0 Å². The van der Waals surface area contributed by atoms with E-state index < -0.39 is 0 Å². The second kappa shape index (κ2) is 7.25. The van der Waals surface area contributed by atoms with Gasteiger partial charge in [0.1, 0.15) is 0 Å². The molecule has 0 aromatic heterocycles. The highest BCUT2D eigenvalue weighted by Crippen LogP contribution is 2.15. The first-order valence-corrected chi connectivity index (χ1v) is 8.76. The highest BCUT2D eigenvalue weighted by molar-refractivity contribution is 5.90. The van der Waals surface area contributed by atoms with Crippen LogP contribution in [-0.2, 0) is 6.42 Å². The minimum absolute atomic E-state index is 0.931. The summed E-state index contributed by atoms with van der Waals surface area (Å²) in [5.41, 5.74) is 4.79. The number of hydrogen-bond donors (Lipinski definition) is 6. The zero-order valence-electron chi connectivity index (χ0n) is 14.2. The number of benzene rings is 2. The largest absolute Gasteiger partial charge is 0.348 e. The first kappa shape index (κ1) is 15.5. The van der Waals surface area contributed by atoms with E-state index in [0.717, 1.165) is 55.9 Å². The average Bonchev–Trinajstić information content (AvgIpc) is 3.33. The lowest BCUT2D eigenvalue weighted by Gasteiger charge is -2.05. The SMILES string of the molecule is c1cc(NC2=[NH+]CCN2)ccc1Cc1ccc(NC2=[NH+]CCN2)cc1. The van der Waals surface area contributed by atoms with Crippen LogP contribution in [0.3, 0.4) is 0 Å². The smallest absolute Gasteiger partial charge is 0.275 e. The summed E-state index contributed by atoms with van der Waals surface area (Å²) in [6.07, 6.45) is 0.931. The van der Waals surface area contributed by atoms with E-state index in [1.807, 2.05) is 0 Å². The van der Waals surface area contributed by atoms with Crippen LogP contribution in [0.25, 0.3) is 0 Å². The van der Waals surface area contributed by atoms with Gasteiger partial charge in [0.25, 0.3) is 0 Å². The Morgan fingerprint density at radius 3 is 1.48 bits per heavy atom. The zero-order valence-corrected chi connectivity index (χ0v) is 14.2. The molecule has 2 aliphatic rings. The molecule has 128 valence electrons. The lowest BCUT2D eigenvalue weighted by molar-refractivity contribution is -0.444. The van der Waals surface area contributed by atoms with Crippen molar-refractivity contribution < 1.29 is 9.98 Å². The molecule has 0 aliphatic carbocycles. The number of anilines is 2. The molecule has 2 aliphatic heterocycles. The van der Waals surface area contributed by atoms with E-state index in [1.54, 1.807) is 0 Å². The van der Waals surface area contributed by atoms with Gasteiger partial charge >= 0.3 is 11.9 Å². The summed E-state index contributed by atoms with van der Waals surface area (Å²) in [5, 5.41) is 13.2. The summed E-state index contributed by atoms with van der Waals surface area (Å²) >= 11 is 0. The van der Waals surface area contributed by atoms with E-state index >= 15 is 0 Å². The molecule has 0 saturated heterocycles. The average molecular weight is 336 g/mol. The minimum Gasteiger partial charge on any atom is -0.275 e. The van der Waals surface area contributed by atoms with Crippen molar-refractivity contribution in [3.05, 3.63) is 59.7 Å². The van der Waals surface area contributed by atoms with E-state index in [1.165, 1.54) is 11.1 Å². The molecular formula is C19H24N6+2. The zero-order chi connectivity index (χ0) is 16.9. The van der Waals surface area contributed by atoms with Gasteiger partial charge in [-0.3, -0.25) is 20.6 Å². The predicted molar refractivity (Wildman–Crippen MR) is 101 cm³/mol. The van der Waals surface area contributed by atoms with Crippen molar-refractivity contribution in [2.24, 2.45) is 0 Å². The van der Waals surface area contributed by atoms with Crippen molar-refractivity contribution in [1.29, 1.82) is 0 Å². The fourth-order valence-corrected chi connectivity index (χ4v) is 2.99. The molecule has 2 aromatic rings. The van der Waals surface area contributed by atoms with Crippen LogP contribution in [0.15, 0.2) is 48.5 Å². The van der Waals surface area contributed by atoms with E-state index in [4.69, 9.17) is 0 Å². The topological polar surface area (TPSA) is 76.1 Å². The van der Waals surface area contributed by atoms with Crippen LogP contribution in [0, 0.1) is 0 Å². The van der Waals surface area contributed by atoms with Crippen LogP contribution in [0.1, 0.15) is 11.1 Å². The fourth-order valence-electron chi connectivity index (χ4n) is 2.99. The fraction of sp³-hybridized carbons (Fsp3) is 0.263. The molecule has 4 rings (SSSR count). The number of rotatable bonds is 4. The number of guanidine groups is 2. The van der Waals surface area contributed by atoms with Gasteiger partial charge in [0.15, 0.2) is 0 Å². The van der Waals surface area contributed by atoms with Gasteiger partial charge in [0, 0.05) is 0 Å². The van der Waals surface area contributed by atoms with Crippen LogP contribution in [-0.4, -0.2) is 38.1 Å². The Morgan fingerprint density at radius 2 is 1.12 bits per heavy atom. The van der Waals surface area contributed by atoms with E-state index in [2.05, 4.69) is 79.8 Å². The first-order valence-electron chi connectivity index (χ1n) is 8.76. The molecule has 0 spiro atoms. The lowest BCUT2D eigenvalue weighted by atomic mass is 10.0. The highest BCUT2D eigenvalue weighted by Gasteiger charge is 2.12. The number of hydrogen-bond acceptors (Lipinski definition) is 4. The van der Waals surface area contributed by atoms with Crippen LogP contribution in [0.4, 0.5) is 11.4 Å². The molecule has 0 atom stereocenters. The molecular weight excluding hydrogens is 312 g/mol. The molecule has 6 heteroatoms. The Hall–Kier alpha value is -3.02. The molecule has 0 fully saturated rings. The summed E-state index contributed by atoms with van der Waals surface area (Å²) in [7, 11) is 0. The Labute approximate surface area is 147 Å². The standard InChI is InChI=1S/C19H22N6/c1-5-16(24-18-20-9-10-21-18)6-2-14(1)13-15-3-7-17(8-4-15)25-19-22-11-12-23-19/h1-8H,9-13H2,(H2,20,21,24)(H2,22,23,25)/p+2. The predicted octanol–water partition coefficient (Wildman–Crippen LogP) is -1.82. The number of nitrogens with one attached hydrogen (secondary N) is 6. The van der Waals surface area contributed by atoms with Crippen molar-refractivity contribution in [2.45, 2.75) is 6.42 Å². The maximum atomic E-state index is 3.35. The Morgan fingerprint density at radius 1 is 0.680 bits per heavy atom. The van der Waals surface area contributed by atoms with Gasteiger partial charge in [-0.15, -0.1) is 0 Å². The Bertz CT molecular complexity index is 709. The van der Waals surface area contributed by atoms with E-state index in [-0.39, 0.29) is 0 Å². The van der Waals surface area contributed by atoms with Gasteiger partial charge in [-0.25, -0.2) is 10.6 Å². The van der Waals surface area contributed by atoms with Gasteiger partial charge in [0.2, 0.25) is 0 Å². The van der Waals surface area contributed by atoms with Crippen LogP contribution < -0.4 is 31.3 Å². The first-order chi connectivity index (χ1) is 12.3. The maximum Gasteiger partial charge on any atom is 0.348 e. The van der Waals surface area contributed by atoms with Crippen LogP contribution in [0.5, 0.6) is 0 Å². The summed E-state index contributed by atoms with van der Waals surface area (Å²) in [6, 6.07) is 17.2. The van der Waals surface area contributed by atoms with Gasteiger partial charge in [0.05, 0.1) is 37.6 Å². The van der Waals surface area contributed by atoms with Crippen molar-refractivity contribution >= 4 is 23.3 Å². The Balaban J connectivity index is 1.34. The molecule has 2 heterocycles. The molecule has 0 unspecified atom stereocenters. The maximum absolute atomic E-state index is 3.35. The second-order valence-electron chi connectivity index (χ2n) is 6.28. The Kier molecular flexibility index (Phi) is 4.50. The van der Waals surface area contributed by atoms with Gasteiger partial charge < -0.3 is 0 Å². The molecule has 25 heavy (non-hydrogen) atoms. The third-order valence-corrected chi connectivity index (χ3v) is 4.31. The van der Waals surface area contributed by atoms with Gasteiger partial charge in [-0.1, -0.05) is 24.3 Å². The molecule has 6 N–H and O–H groups in total. The summed E-state index contributed by atoms with van der Waals surface area (Å²) < 4.78 is 0. The monoisotopic (exact) mass is 336 g/mol. The summed E-state index contributed by atoms with van der Waals surface area (Å²) in [4.78, 5) is 6.54. The van der Waals surface area contributed by atoms with E-state index in [0.29, 0.717) is 0 Å².